The summed E-state index contributed by atoms with van der Waals surface area (Å²) >= 11 is 3.03. The van der Waals surface area contributed by atoms with Crippen LogP contribution in [0.2, 0.25) is 0 Å². The molecule has 9 heteroatoms. The first-order valence-electron chi connectivity index (χ1n) is 6.26. The minimum atomic E-state index is -0.683. The average Bonchev–Trinajstić information content (AvgIpc) is 2.94. The number of aromatic hydroxyl groups is 3. The number of hydrogen-bond donors (Lipinski definition) is 4. The molecule has 122 valence electrons. The van der Waals surface area contributed by atoms with Crippen LogP contribution in [0.15, 0.2) is 27.5 Å². The SMILES string of the molecule is COc1sc(SC)cc1C=NNC(=O)c1cc(O)c(O)c(O)c1. The number of carbonyl (C=O) groups is 1. The molecule has 0 fully saturated rings. The molecule has 2 rings (SSSR count). The molecule has 0 bridgehead atoms. The molecule has 0 radical (unpaired) electrons. The van der Waals surface area contributed by atoms with Gasteiger partial charge in [0, 0.05) is 11.1 Å². The number of ether oxygens (including phenoxy) is 1. The van der Waals surface area contributed by atoms with Gasteiger partial charge in [-0.25, -0.2) is 5.43 Å². The van der Waals surface area contributed by atoms with Crippen LogP contribution in [-0.4, -0.2) is 40.8 Å². The monoisotopic (exact) mass is 354 g/mol. The fourth-order valence-electron chi connectivity index (χ4n) is 1.68. The quantitative estimate of drug-likeness (QED) is 0.284. The Morgan fingerprint density at radius 1 is 1.30 bits per heavy atom. The van der Waals surface area contributed by atoms with Crippen molar-refractivity contribution in [2.45, 2.75) is 4.21 Å². The molecule has 1 heterocycles. The van der Waals surface area contributed by atoms with Crippen molar-refractivity contribution in [1.82, 2.24) is 5.43 Å². The second kappa shape index (κ2) is 7.25. The molecule has 0 spiro atoms. The number of nitrogens with one attached hydrogen (secondary N) is 1. The van der Waals surface area contributed by atoms with Crippen LogP contribution < -0.4 is 10.2 Å². The van der Waals surface area contributed by atoms with Gasteiger partial charge >= 0.3 is 0 Å². The van der Waals surface area contributed by atoms with Crippen molar-refractivity contribution in [2.75, 3.05) is 13.4 Å². The predicted molar refractivity (Wildman–Crippen MR) is 89.1 cm³/mol. The lowest BCUT2D eigenvalue weighted by Gasteiger charge is -2.04. The van der Waals surface area contributed by atoms with E-state index in [1.54, 1.807) is 18.9 Å². The number of phenolic OH excluding ortho intramolecular Hbond substituents is 3. The molecular formula is C14H14N2O5S2. The highest BCUT2D eigenvalue weighted by molar-refractivity contribution is 8.00. The van der Waals surface area contributed by atoms with Crippen LogP contribution in [0.4, 0.5) is 0 Å². The normalized spacial score (nSPS) is 10.9. The minimum absolute atomic E-state index is 0.0444. The van der Waals surface area contributed by atoms with Crippen molar-refractivity contribution in [2.24, 2.45) is 5.10 Å². The van der Waals surface area contributed by atoms with Crippen molar-refractivity contribution in [1.29, 1.82) is 0 Å². The molecule has 4 N–H and O–H groups in total. The van der Waals surface area contributed by atoms with Crippen molar-refractivity contribution in [3.8, 4) is 22.3 Å². The fraction of sp³-hybridized carbons (Fsp3) is 0.143. The maximum Gasteiger partial charge on any atom is 0.271 e. The summed E-state index contributed by atoms with van der Waals surface area (Å²) in [6.07, 6.45) is 3.38. The number of hydrogen-bond acceptors (Lipinski definition) is 8. The van der Waals surface area contributed by atoms with E-state index in [0.717, 1.165) is 21.9 Å². The van der Waals surface area contributed by atoms with E-state index < -0.39 is 23.2 Å². The Bertz CT molecular complexity index is 735. The van der Waals surface area contributed by atoms with E-state index in [-0.39, 0.29) is 5.56 Å². The van der Waals surface area contributed by atoms with E-state index in [1.807, 2.05) is 12.3 Å². The van der Waals surface area contributed by atoms with Crippen LogP contribution >= 0.6 is 23.1 Å². The van der Waals surface area contributed by atoms with Crippen molar-refractivity contribution in [3.05, 3.63) is 29.3 Å². The van der Waals surface area contributed by atoms with Gasteiger partial charge in [0.05, 0.1) is 17.5 Å². The summed E-state index contributed by atoms with van der Waals surface area (Å²) in [6.45, 7) is 0. The maximum absolute atomic E-state index is 11.9. The number of amides is 1. The van der Waals surface area contributed by atoms with Crippen LogP contribution in [0.3, 0.4) is 0 Å². The summed E-state index contributed by atoms with van der Waals surface area (Å²) in [6, 6.07) is 3.93. The first-order valence-corrected chi connectivity index (χ1v) is 8.30. The van der Waals surface area contributed by atoms with Crippen LogP contribution in [0.25, 0.3) is 0 Å². The number of benzene rings is 1. The molecule has 0 aliphatic heterocycles. The Hall–Kier alpha value is -2.39. The molecule has 7 nitrogen and oxygen atoms in total. The van der Waals surface area contributed by atoms with Crippen LogP contribution in [0, 0.1) is 0 Å². The largest absolute Gasteiger partial charge is 0.504 e. The molecule has 2 aromatic rings. The zero-order valence-corrected chi connectivity index (χ0v) is 13.9. The van der Waals surface area contributed by atoms with E-state index >= 15 is 0 Å². The van der Waals surface area contributed by atoms with E-state index in [9.17, 15) is 20.1 Å². The van der Waals surface area contributed by atoms with Gasteiger partial charge in [-0.15, -0.1) is 11.8 Å². The highest BCUT2D eigenvalue weighted by atomic mass is 32.2. The molecule has 0 aliphatic rings. The molecule has 0 unspecified atom stereocenters. The summed E-state index contributed by atoms with van der Waals surface area (Å²) in [5, 5.41) is 32.5. The number of rotatable bonds is 5. The zero-order valence-electron chi connectivity index (χ0n) is 12.2. The molecule has 0 aliphatic carbocycles. The lowest BCUT2D eigenvalue weighted by molar-refractivity contribution is 0.0954. The lowest BCUT2D eigenvalue weighted by Crippen LogP contribution is -2.17. The van der Waals surface area contributed by atoms with Gasteiger partial charge in [0.2, 0.25) is 0 Å². The third-order valence-corrected chi connectivity index (χ3v) is 4.97. The molecular weight excluding hydrogens is 340 g/mol. The first-order chi connectivity index (χ1) is 11.0. The third kappa shape index (κ3) is 3.88. The van der Waals surface area contributed by atoms with Gasteiger partial charge in [-0.2, -0.15) is 5.10 Å². The van der Waals surface area contributed by atoms with Gasteiger partial charge in [0.25, 0.3) is 5.91 Å². The number of nitrogens with zero attached hydrogens (tertiary/aromatic N) is 1. The van der Waals surface area contributed by atoms with Crippen LogP contribution in [0.5, 0.6) is 22.3 Å². The van der Waals surface area contributed by atoms with Crippen LogP contribution in [0.1, 0.15) is 15.9 Å². The lowest BCUT2D eigenvalue weighted by atomic mass is 10.2. The number of thiophene rings is 1. The summed E-state index contributed by atoms with van der Waals surface area (Å²) in [5.74, 6) is -2.52. The van der Waals surface area contributed by atoms with Crippen molar-refractivity contribution < 1.29 is 24.9 Å². The Morgan fingerprint density at radius 2 is 1.96 bits per heavy atom. The molecule has 0 saturated carbocycles. The topological polar surface area (TPSA) is 111 Å². The Morgan fingerprint density at radius 3 is 2.52 bits per heavy atom. The first kappa shape index (κ1) is 17.0. The second-order valence-electron chi connectivity index (χ2n) is 4.28. The van der Waals surface area contributed by atoms with E-state index in [1.165, 1.54) is 17.6 Å². The molecule has 1 amide bonds. The summed E-state index contributed by atoms with van der Waals surface area (Å²) < 4.78 is 6.27. The van der Waals surface area contributed by atoms with E-state index in [4.69, 9.17) is 4.74 Å². The predicted octanol–water partition coefficient (Wildman–Crippen LogP) is 2.36. The maximum atomic E-state index is 11.9. The van der Waals surface area contributed by atoms with Gasteiger partial charge in [0.15, 0.2) is 22.3 Å². The Balaban J connectivity index is 2.11. The highest BCUT2D eigenvalue weighted by Gasteiger charge is 2.13. The minimum Gasteiger partial charge on any atom is -0.504 e. The standard InChI is InChI=1S/C14H14N2O5S2/c1-21-14-8(5-11(22-2)23-14)6-15-16-13(20)7-3-9(17)12(19)10(18)4-7/h3-6,17-19H,1-2H3,(H,16,20). The third-order valence-electron chi connectivity index (χ3n) is 2.79. The zero-order chi connectivity index (χ0) is 17.0. The van der Waals surface area contributed by atoms with E-state index in [0.29, 0.717) is 5.06 Å². The smallest absolute Gasteiger partial charge is 0.271 e. The summed E-state index contributed by atoms with van der Waals surface area (Å²) in [4.78, 5) is 11.9. The van der Waals surface area contributed by atoms with Gasteiger partial charge in [-0.1, -0.05) is 11.3 Å². The van der Waals surface area contributed by atoms with Gasteiger partial charge in [-0.05, 0) is 24.5 Å². The fourth-order valence-corrected chi connectivity index (χ4v) is 3.16. The number of methoxy groups -OCH3 is 1. The molecule has 1 aromatic carbocycles. The number of hydrazone groups is 1. The van der Waals surface area contributed by atoms with Crippen LogP contribution in [-0.2, 0) is 0 Å². The number of carbonyl (C=O) groups excluding carboxylic acids is 1. The van der Waals surface area contributed by atoms with Gasteiger partial charge in [-0.3, -0.25) is 4.79 Å². The van der Waals surface area contributed by atoms with E-state index in [2.05, 4.69) is 10.5 Å². The van der Waals surface area contributed by atoms with Gasteiger partial charge in [0.1, 0.15) is 0 Å². The van der Waals surface area contributed by atoms with Gasteiger partial charge < -0.3 is 20.1 Å². The molecule has 0 saturated heterocycles. The number of phenols is 3. The van der Waals surface area contributed by atoms with Crippen molar-refractivity contribution >= 4 is 35.2 Å². The molecule has 0 atom stereocenters. The van der Waals surface area contributed by atoms with Crippen molar-refractivity contribution in [3.63, 3.8) is 0 Å². The number of thioether (sulfide) groups is 1. The summed E-state index contributed by atoms with van der Waals surface area (Å²) in [5.41, 5.74) is 2.95. The average molecular weight is 354 g/mol. The molecule has 23 heavy (non-hydrogen) atoms. The Kier molecular flexibility index (Phi) is 5.35. The summed E-state index contributed by atoms with van der Waals surface area (Å²) in [7, 11) is 1.55. The Labute approximate surface area is 140 Å². The highest BCUT2D eigenvalue weighted by Crippen LogP contribution is 2.35. The second-order valence-corrected chi connectivity index (χ2v) is 6.40. The molecule has 1 aromatic heterocycles.